The van der Waals surface area contributed by atoms with Crippen molar-refractivity contribution in [3.8, 4) is 24.0 Å². The van der Waals surface area contributed by atoms with Crippen LogP contribution in [0, 0.1) is 18.3 Å². The number of nitrogens with one attached hydrogen (secondary N) is 1. The average Bonchev–Trinajstić information content (AvgIpc) is 2.74. The molecule has 8 heteroatoms. The lowest BCUT2D eigenvalue weighted by Gasteiger charge is -2.29. The van der Waals surface area contributed by atoms with Crippen molar-refractivity contribution in [2.45, 2.75) is 6.92 Å². The van der Waals surface area contributed by atoms with Gasteiger partial charge in [0.2, 0.25) is 11.8 Å². The number of hydrogen-bond acceptors (Lipinski definition) is 7. The number of anilines is 2. The molecule has 0 saturated carbocycles. The second kappa shape index (κ2) is 11.0. The highest BCUT2D eigenvalue weighted by Crippen LogP contribution is 2.25. The summed E-state index contributed by atoms with van der Waals surface area (Å²) < 4.78 is 17.4. The van der Waals surface area contributed by atoms with E-state index in [1.165, 1.54) is 0 Å². The summed E-state index contributed by atoms with van der Waals surface area (Å²) in [5, 5.41) is 3.16. The van der Waals surface area contributed by atoms with Gasteiger partial charge >= 0.3 is 0 Å². The molecule has 0 amide bonds. The van der Waals surface area contributed by atoms with E-state index in [2.05, 4.69) is 49.0 Å². The maximum Gasteiger partial charge on any atom is 0.233 e. The summed E-state index contributed by atoms with van der Waals surface area (Å²) in [5.41, 5.74) is 0.827. The highest BCUT2D eigenvalue weighted by Gasteiger charge is 2.14. The molecule has 154 valence electrons. The molecule has 1 aliphatic heterocycles. The van der Waals surface area contributed by atoms with Crippen molar-refractivity contribution in [1.82, 2.24) is 14.9 Å². The van der Waals surface area contributed by atoms with E-state index in [4.69, 9.17) is 20.6 Å². The molecule has 29 heavy (non-hydrogen) atoms. The zero-order valence-corrected chi connectivity index (χ0v) is 18.0. The fourth-order valence-corrected chi connectivity index (χ4v) is 3.24. The van der Waals surface area contributed by atoms with Crippen LogP contribution in [0.25, 0.3) is 0 Å². The maximum atomic E-state index is 5.99. The molecule has 1 N–H and O–H groups in total. The third-order valence-electron chi connectivity index (χ3n) is 4.30. The monoisotopic (exact) mass is 460 g/mol. The number of nitrogens with zero attached hydrogens (tertiary/aromatic N) is 3. The lowest BCUT2D eigenvalue weighted by Crippen LogP contribution is -2.39. The van der Waals surface area contributed by atoms with Crippen LogP contribution in [0.1, 0.15) is 6.92 Å². The third-order valence-corrected chi connectivity index (χ3v) is 4.85. The van der Waals surface area contributed by atoms with Crippen molar-refractivity contribution >= 4 is 27.6 Å². The van der Waals surface area contributed by atoms with Crippen molar-refractivity contribution in [2.75, 3.05) is 51.4 Å². The van der Waals surface area contributed by atoms with Gasteiger partial charge in [0.25, 0.3) is 0 Å². The molecular formula is C21H25BrN4O3. The normalized spacial score (nSPS) is 15.3. The topological polar surface area (TPSA) is 68.7 Å². The van der Waals surface area contributed by atoms with Gasteiger partial charge < -0.3 is 19.5 Å². The molecule has 0 aliphatic carbocycles. The van der Waals surface area contributed by atoms with E-state index in [9.17, 15) is 0 Å². The van der Waals surface area contributed by atoms with Gasteiger partial charge in [-0.1, -0.05) is 18.9 Å². The molecule has 3 rings (SSSR count). The molecule has 1 aromatic heterocycles. The minimum atomic E-state index is 0.140. The van der Waals surface area contributed by atoms with Gasteiger partial charge in [-0.2, -0.15) is 4.98 Å². The molecule has 0 bridgehead atoms. The van der Waals surface area contributed by atoms with Gasteiger partial charge in [0, 0.05) is 37.3 Å². The molecule has 1 unspecified atom stereocenters. The minimum Gasteiger partial charge on any atom is -0.493 e. The van der Waals surface area contributed by atoms with Crippen molar-refractivity contribution in [3.05, 3.63) is 34.9 Å². The largest absolute Gasteiger partial charge is 0.493 e. The van der Waals surface area contributed by atoms with E-state index >= 15 is 0 Å². The van der Waals surface area contributed by atoms with Gasteiger partial charge in [0.15, 0.2) is 6.61 Å². The van der Waals surface area contributed by atoms with E-state index < -0.39 is 0 Å². The van der Waals surface area contributed by atoms with Gasteiger partial charge in [-0.3, -0.25) is 4.90 Å². The van der Waals surface area contributed by atoms with Crippen LogP contribution in [0.4, 0.5) is 11.6 Å². The standard InChI is InChI=1S/C21H25BrN4O3/c1-3-9-28-20-19(22)13-23-21(25-20)24-17-5-4-6-18(12-17)29-15-16(2)14-26-7-10-27-11-8-26/h1,4-6,12-13,16H,7-11,14-15H2,2H3,(H,23,24,25). The Kier molecular flexibility index (Phi) is 8.11. The summed E-state index contributed by atoms with van der Waals surface area (Å²) in [6, 6.07) is 7.72. The smallest absolute Gasteiger partial charge is 0.233 e. The zero-order valence-electron chi connectivity index (χ0n) is 16.4. The number of rotatable bonds is 9. The van der Waals surface area contributed by atoms with Crippen LogP contribution in [-0.4, -0.2) is 60.9 Å². The number of benzene rings is 1. The molecule has 2 heterocycles. The molecule has 1 aromatic carbocycles. The van der Waals surface area contributed by atoms with Gasteiger partial charge in [0.05, 0.1) is 30.5 Å². The number of hydrogen-bond donors (Lipinski definition) is 1. The zero-order chi connectivity index (χ0) is 20.5. The number of terminal acetylenes is 1. The van der Waals surface area contributed by atoms with Crippen molar-refractivity contribution in [3.63, 3.8) is 0 Å². The van der Waals surface area contributed by atoms with Crippen LogP contribution in [0.3, 0.4) is 0 Å². The van der Waals surface area contributed by atoms with Crippen LogP contribution in [0.5, 0.6) is 11.6 Å². The first-order valence-electron chi connectivity index (χ1n) is 9.53. The Labute approximate surface area is 179 Å². The lowest BCUT2D eigenvalue weighted by atomic mass is 10.2. The fraction of sp³-hybridized carbons (Fsp3) is 0.429. The van der Waals surface area contributed by atoms with Gasteiger partial charge in [0.1, 0.15) is 5.75 Å². The summed E-state index contributed by atoms with van der Waals surface area (Å²) in [5.74, 6) is 4.45. The number of morpholine rings is 1. The Bertz CT molecular complexity index is 837. The summed E-state index contributed by atoms with van der Waals surface area (Å²) in [7, 11) is 0. The minimum absolute atomic E-state index is 0.140. The summed E-state index contributed by atoms with van der Waals surface area (Å²) in [6.07, 6.45) is 6.86. The average molecular weight is 461 g/mol. The molecule has 1 aliphatic rings. The summed E-state index contributed by atoms with van der Waals surface area (Å²) in [4.78, 5) is 11.0. The van der Waals surface area contributed by atoms with Crippen LogP contribution in [-0.2, 0) is 4.74 Å². The Morgan fingerprint density at radius 1 is 1.34 bits per heavy atom. The first-order chi connectivity index (χ1) is 14.1. The molecule has 0 spiro atoms. The first kappa shape index (κ1) is 21.4. The Balaban J connectivity index is 1.54. The molecule has 1 fully saturated rings. The van der Waals surface area contributed by atoms with E-state index in [1.807, 2.05) is 24.3 Å². The van der Waals surface area contributed by atoms with Crippen molar-refractivity contribution in [1.29, 1.82) is 0 Å². The Morgan fingerprint density at radius 3 is 2.97 bits per heavy atom. The van der Waals surface area contributed by atoms with Crippen LogP contribution in [0.2, 0.25) is 0 Å². The maximum absolute atomic E-state index is 5.99. The predicted molar refractivity (Wildman–Crippen MR) is 116 cm³/mol. The van der Waals surface area contributed by atoms with Crippen molar-refractivity contribution < 1.29 is 14.2 Å². The van der Waals surface area contributed by atoms with Crippen LogP contribution < -0.4 is 14.8 Å². The number of ether oxygens (including phenoxy) is 3. The summed E-state index contributed by atoms with van der Waals surface area (Å²) in [6.45, 7) is 7.61. The molecule has 0 radical (unpaired) electrons. The second-order valence-corrected chi connectivity index (χ2v) is 7.68. The molecule has 7 nitrogen and oxygen atoms in total. The summed E-state index contributed by atoms with van der Waals surface area (Å²) >= 11 is 3.35. The van der Waals surface area contributed by atoms with Gasteiger partial charge in [-0.05, 0) is 28.1 Å². The second-order valence-electron chi connectivity index (χ2n) is 6.82. The van der Waals surface area contributed by atoms with Gasteiger partial charge in [-0.15, -0.1) is 6.42 Å². The van der Waals surface area contributed by atoms with Crippen LogP contribution in [0.15, 0.2) is 34.9 Å². The number of aromatic nitrogens is 2. The van der Waals surface area contributed by atoms with Gasteiger partial charge in [-0.25, -0.2) is 4.98 Å². The predicted octanol–water partition coefficient (Wildman–Crippen LogP) is 3.34. The van der Waals surface area contributed by atoms with Crippen LogP contribution >= 0.6 is 15.9 Å². The van der Waals surface area contributed by atoms with E-state index in [1.54, 1.807) is 6.20 Å². The molecule has 1 atom stereocenters. The Hall–Kier alpha value is -2.34. The first-order valence-corrected chi connectivity index (χ1v) is 10.3. The SMILES string of the molecule is C#CCOc1nc(Nc2cccc(OCC(C)CN3CCOCC3)c2)ncc1Br. The Morgan fingerprint density at radius 2 is 2.17 bits per heavy atom. The molecular weight excluding hydrogens is 436 g/mol. The fourth-order valence-electron chi connectivity index (χ4n) is 2.93. The van der Waals surface area contributed by atoms with E-state index in [0.29, 0.717) is 28.8 Å². The van der Waals surface area contributed by atoms with Crippen molar-refractivity contribution in [2.24, 2.45) is 5.92 Å². The van der Waals surface area contributed by atoms with E-state index in [-0.39, 0.29) is 6.61 Å². The third kappa shape index (κ3) is 6.89. The lowest BCUT2D eigenvalue weighted by molar-refractivity contribution is 0.0283. The molecule has 2 aromatic rings. The number of halogens is 1. The quantitative estimate of drug-likeness (QED) is 0.575. The highest BCUT2D eigenvalue weighted by molar-refractivity contribution is 9.10. The van der Waals surface area contributed by atoms with E-state index in [0.717, 1.165) is 44.3 Å². The highest BCUT2D eigenvalue weighted by atomic mass is 79.9. The molecule has 1 saturated heterocycles.